The third-order valence-corrected chi connectivity index (χ3v) is 2.77. The first-order valence-corrected chi connectivity index (χ1v) is 5.55. The minimum Gasteiger partial charge on any atom is -0.198 e. The van der Waals surface area contributed by atoms with Crippen LogP contribution < -0.4 is 0 Å². The number of unbranched alkanes of at least 4 members (excludes halogenated alkanes) is 2. The molecule has 0 saturated carbocycles. The fourth-order valence-electron chi connectivity index (χ4n) is 1.70. The summed E-state index contributed by atoms with van der Waals surface area (Å²) in [5.41, 5.74) is 0.292. The van der Waals surface area contributed by atoms with Gasteiger partial charge in [0.25, 0.3) is 0 Å². The van der Waals surface area contributed by atoms with Gasteiger partial charge < -0.3 is 0 Å². The Labute approximate surface area is 83.1 Å². The average molecular weight is 181 g/mol. The summed E-state index contributed by atoms with van der Waals surface area (Å²) < 4.78 is 0. The van der Waals surface area contributed by atoms with E-state index in [0.717, 1.165) is 6.42 Å². The molecule has 0 aliphatic carbocycles. The lowest BCUT2D eigenvalue weighted by Gasteiger charge is -2.26. The molecule has 0 aliphatic rings. The second-order valence-electron chi connectivity index (χ2n) is 4.35. The summed E-state index contributed by atoms with van der Waals surface area (Å²) in [4.78, 5) is 0. The van der Waals surface area contributed by atoms with Gasteiger partial charge in [-0.05, 0) is 18.3 Å². The first kappa shape index (κ1) is 12.5. The normalized spacial score (nSPS) is 11.2. The first-order valence-electron chi connectivity index (χ1n) is 5.55. The van der Waals surface area contributed by atoms with E-state index < -0.39 is 0 Å². The molecule has 0 bridgehead atoms. The molecule has 0 heterocycles. The smallest absolute Gasteiger partial charge is 0.0627 e. The van der Waals surface area contributed by atoms with Crippen molar-refractivity contribution in [3.05, 3.63) is 0 Å². The van der Waals surface area contributed by atoms with Gasteiger partial charge in [-0.25, -0.2) is 0 Å². The maximum Gasteiger partial charge on any atom is 0.0627 e. The molecular weight excluding hydrogens is 158 g/mol. The lowest BCUT2D eigenvalue weighted by molar-refractivity contribution is 0.262. The van der Waals surface area contributed by atoms with Crippen LogP contribution in [0, 0.1) is 16.7 Å². The third kappa shape index (κ3) is 5.69. The minimum atomic E-state index is 0.292. The van der Waals surface area contributed by atoms with E-state index in [1.54, 1.807) is 0 Å². The largest absolute Gasteiger partial charge is 0.198 e. The second-order valence-corrected chi connectivity index (χ2v) is 4.35. The highest BCUT2D eigenvalue weighted by molar-refractivity contribution is 4.85. The lowest BCUT2D eigenvalue weighted by Crippen LogP contribution is -2.15. The van der Waals surface area contributed by atoms with Crippen LogP contribution in [0.4, 0.5) is 0 Å². The Kier molecular flexibility index (Phi) is 6.68. The maximum absolute atomic E-state index is 8.75. The maximum atomic E-state index is 8.75. The molecule has 1 heteroatoms. The van der Waals surface area contributed by atoms with E-state index in [9.17, 15) is 0 Å². The molecule has 76 valence electrons. The highest BCUT2D eigenvalue weighted by atomic mass is 14.3. The van der Waals surface area contributed by atoms with Gasteiger partial charge in [-0.2, -0.15) is 5.26 Å². The SMILES string of the molecule is CCCCC(C)(CC#N)CCCC. The van der Waals surface area contributed by atoms with Crippen LogP contribution >= 0.6 is 0 Å². The second kappa shape index (κ2) is 6.95. The highest BCUT2D eigenvalue weighted by Crippen LogP contribution is 2.33. The van der Waals surface area contributed by atoms with Crippen molar-refractivity contribution >= 4 is 0 Å². The molecule has 0 amide bonds. The van der Waals surface area contributed by atoms with Crippen LogP contribution in [-0.4, -0.2) is 0 Å². The van der Waals surface area contributed by atoms with Gasteiger partial charge in [0.2, 0.25) is 0 Å². The van der Waals surface area contributed by atoms with E-state index >= 15 is 0 Å². The number of nitriles is 1. The summed E-state index contributed by atoms with van der Waals surface area (Å²) in [6, 6.07) is 2.33. The van der Waals surface area contributed by atoms with Crippen LogP contribution in [0.5, 0.6) is 0 Å². The number of rotatable bonds is 7. The van der Waals surface area contributed by atoms with E-state index in [0.29, 0.717) is 5.41 Å². The zero-order valence-corrected chi connectivity index (χ0v) is 9.40. The van der Waals surface area contributed by atoms with Gasteiger partial charge >= 0.3 is 0 Å². The monoisotopic (exact) mass is 181 g/mol. The Morgan fingerprint density at radius 2 is 1.54 bits per heavy atom. The van der Waals surface area contributed by atoms with Crippen molar-refractivity contribution in [2.45, 2.75) is 65.7 Å². The van der Waals surface area contributed by atoms with Crippen LogP contribution in [0.15, 0.2) is 0 Å². The fraction of sp³-hybridized carbons (Fsp3) is 0.917. The Bertz CT molecular complexity index is 147. The molecule has 0 radical (unpaired) electrons. The summed E-state index contributed by atoms with van der Waals surface area (Å²) in [6.45, 7) is 6.70. The Hall–Kier alpha value is -0.510. The van der Waals surface area contributed by atoms with Crippen molar-refractivity contribution in [3.63, 3.8) is 0 Å². The molecule has 0 atom stereocenters. The molecule has 0 saturated heterocycles. The highest BCUT2D eigenvalue weighted by Gasteiger charge is 2.22. The molecule has 13 heavy (non-hydrogen) atoms. The van der Waals surface area contributed by atoms with Crippen molar-refractivity contribution < 1.29 is 0 Å². The molecule has 0 unspecified atom stereocenters. The summed E-state index contributed by atoms with van der Waals surface area (Å²) in [5, 5.41) is 8.75. The third-order valence-electron chi connectivity index (χ3n) is 2.77. The standard InChI is InChI=1S/C12H23N/c1-4-6-8-12(3,10-11-13)9-7-5-2/h4-10H2,1-3H3. The van der Waals surface area contributed by atoms with E-state index in [-0.39, 0.29) is 0 Å². The lowest BCUT2D eigenvalue weighted by atomic mass is 9.78. The molecule has 0 N–H and O–H groups in total. The fourth-order valence-corrected chi connectivity index (χ4v) is 1.70. The zero-order chi connectivity index (χ0) is 10.2. The molecule has 0 aromatic carbocycles. The van der Waals surface area contributed by atoms with Gasteiger partial charge in [0.1, 0.15) is 0 Å². The predicted octanol–water partition coefficient (Wildman–Crippen LogP) is 4.29. The van der Waals surface area contributed by atoms with Gasteiger partial charge in [-0.15, -0.1) is 0 Å². The minimum absolute atomic E-state index is 0.292. The molecule has 0 spiro atoms. The van der Waals surface area contributed by atoms with Crippen molar-refractivity contribution in [3.8, 4) is 6.07 Å². The number of nitrogens with zero attached hydrogens (tertiary/aromatic N) is 1. The van der Waals surface area contributed by atoms with Crippen LogP contribution in [-0.2, 0) is 0 Å². The number of hydrogen-bond donors (Lipinski definition) is 0. The molecule has 1 nitrogen and oxygen atoms in total. The van der Waals surface area contributed by atoms with Gasteiger partial charge in [0.05, 0.1) is 6.07 Å². The van der Waals surface area contributed by atoms with E-state index in [2.05, 4.69) is 26.8 Å². The first-order chi connectivity index (χ1) is 6.18. The Morgan fingerprint density at radius 1 is 1.08 bits per heavy atom. The van der Waals surface area contributed by atoms with Crippen LogP contribution in [0.2, 0.25) is 0 Å². The van der Waals surface area contributed by atoms with Gasteiger partial charge in [0.15, 0.2) is 0 Å². The molecule has 0 aromatic rings. The Balaban J connectivity index is 3.93. The van der Waals surface area contributed by atoms with Crippen molar-refractivity contribution in [1.82, 2.24) is 0 Å². The van der Waals surface area contributed by atoms with Crippen LogP contribution in [0.3, 0.4) is 0 Å². The molecule has 0 rings (SSSR count). The van der Waals surface area contributed by atoms with Crippen molar-refractivity contribution in [1.29, 1.82) is 5.26 Å². The topological polar surface area (TPSA) is 23.8 Å². The van der Waals surface area contributed by atoms with E-state index in [1.807, 2.05) is 0 Å². The summed E-state index contributed by atoms with van der Waals surface area (Å²) >= 11 is 0. The molecule has 0 fully saturated rings. The van der Waals surface area contributed by atoms with Gasteiger partial charge in [0, 0.05) is 6.42 Å². The van der Waals surface area contributed by atoms with Crippen molar-refractivity contribution in [2.75, 3.05) is 0 Å². The molecule has 0 aromatic heterocycles. The van der Waals surface area contributed by atoms with Crippen LogP contribution in [0.1, 0.15) is 65.7 Å². The quantitative estimate of drug-likeness (QED) is 0.575. The summed E-state index contributed by atoms with van der Waals surface area (Å²) in [5.74, 6) is 0. The Morgan fingerprint density at radius 3 is 1.85 bits per heavy atom. The summed E-state index contributed by atoms with van der Waals surface area (Å²) in [6.07, 6.45) is 8.19. The van der Waals surface area contributed by atoms with Crippen molar-refractivity contribution in [2.24, 2.45) is 5.41 Å². The van der Waals surface area contributed by atoms with Gasteiger partial charge in [-0.3, -0.25) is 0 Å². The zero-order valence-electron chi connectivity index (χ0n) is 9.40. The predicted molar refractivity (Wildman–Crippen MR) is 57.4 cm³/mol. The van der Waals surface area contributed by atoms with Crippen LogP contribution in [0.25, 0.3) is 0 Å². The average Bonchev–Trinajstić information content (AvgIpc) is 2.12. The van der Waals surface area contributed by atoms with E-state index in [4.69, 9.17) is 5.26 Å². The molecular formula is C12H23N. The summed E-state index contributed by atoms with van der Waals surface area (Å²) in [7, 11) is 0. The van der Waals surface area contributed by atoms with Gasteiger partial charge in [-0.1, -0.05) is 46.5 Å². The number of hydrogen-bond acceptors (Lipinski definition) is 1. The van der Waals surface area contributed by atoms with E-state index in [1.165, 1.54) is 38.5 Å². The molecule has 0 aliphatic heterocycles.